The van der Waals surface area contributed by atoms with E-state index in [1.807, 2.05) is 0 Å². The van der Waals surface area contributed by atoms with Gasteiger partial charge in [-0.1, -0.05) is 40.5 Å². The molecule has 1 N–H and O–H groups in total. The van der Waals surface area contributed by atoms with E-state index in [0.717, 1.165) is 6.42 Å². The van der Waals surface area contributed by atoms with Gasteiger partial charge in [0.25, 0.3) is 0 Å². The molecule has 1 nitrogen and oxygen atoms in total. The Morgan fingerprint density at radius 1 is 1.46 bits per heavy atom. The molecule has 1 rings (SSSR count). The Hall–Kier alpha value is -0.0400. The molecule has 0 radical (unpaired) electrons. The number of hydrogen-bond donors (Lipinski definition) is 1. The lowest BCUT2D eigenvalue weighted by Gasteiger charge is -2.17. The van der Waals surface area contributed by atoms with Gasteiger partial charge in [0.15, 0.2) is 0 Å². The van der Waals surface area contributed by atoms with Crippen LogP contribution in [0.2, 0.25) is 0 Å². The van der Waals surface area contributed by atoms with Crippen LogP contribution in [0.1, 0.15) is 53.4 Å². The molecule has 78 valence electrons. The highest BCUT2D eigenvalue weighted by atomic mass is 16.3. The van der Waals surface area contributed by atoms with E-state index in [1.54, 1.807) is 0 Å². The van der Waals surface area contributed by atoms with Crippen LogP contribution in [0.5, 0.6) is 0 Å². The molecule has 13 heavy (non-hydrogen) atoms. The Morgan fingerprint density at radius 3 is 2.38 bits per heavy atom. The van der Waals surface area contributed by atoms with Crippen LogP contribution in [0.15, 0.2) is 0 Å². The van der Waals surface area contributed by atoms with Crippen molar-refractivity contribution in [3.05, 3.63) is 0 Å². The van der Waals surface area contributed by atoms with Crippen LogP contribution >= 0.6 is 0 Å². The zero-order valence-electron chi connectivity index (χ0n) is 9.51. The molecule has 1 heteroatoms. The predicted octanol–water partition coefficient (Wildman–Crippen LogP) is 3.22. The zero-order chi connectivity index (χ0) is 10.1. The van der Waals surface area contributed by atoms with Crippen LogP contribution in [0.25, 0.3) is 0 Å². The van der Waals surface area contributed by atoms with Gasteiger partial charge in [-0.2, -0.15) is 0 Å². The van der Waals surface area contributed by atoms with Crippen molar-refractivity contribution in [3.8, 4) is 0 Å². The van der Waals surface area contributed by atoms with Crippen molar-refractivity contribution in [1.29, 1.82) is 0 Å². The number of rotatable bonds is 5. The van der Waals surface area contributed by atoms with Gasteiger partial charge in [-0.05, 0) is 30.1 Å². The number of hydrogen-bond acceptors (Lipinski definition) is 1. The molecule has 1 fully saturated rings. The maximum atomic E-state index is 9.92. The molecule has 0 heterocycles. The fourth-order valence-corrected chi connectivity index (χ4v) is 2.35. The third kappa shape index (κ3) is 2.98. The van der Waals surface area contributed by atoms with Crippen molar-refractivity contribution in [2.75, 3.05) is 0 Å². The van der Waals surface area contributed by atoms with Crippen molar-refractivity contribution in [3.63, 3.8) is 0 Å². The van der Waals surface area contributed by atoms with Crippen LogP contribution in [-0.4, -0.2) is 11.2 Å². The second kappa shape index (κ2) is 4.00. The summed E-state index contributed by atoms with van der Waals surface area (Å²) >= 11 is 0. The van der Waals surface area contributed by atoms with Crippen LogP contribution in [0.3, 0.4) is 0 Å². The highest BCUT2D eigenvalue weighted by Crippen LogP contribution is 2.54. The van der Waals surface area contributed by atoms with E-state index in [9.17, 15) is 5.11 Å². The van der Waals surface area contributed by atoms with E-state index in [0.29, 0.717) is 17.3 Å². The fraction of sp³-hybridized carbons (Fsp3) is 1.00. The third-order valence-electron chi connectivity index (χ3n) is 3.48. The minimum absolute atomic E-state index is 0.0449. The summed E-state index contributed by atoms with van der Waals surface area (Å²) < 4.78 is 0. The molecule has 3 unspecified atom stereocenters. The quantitative estimate of drug-likeness (QED) is 0.695. The average molecular weight is 184 g/mol. The SMILES string of the molecule is CCCC(C)CC(O)C1CC1(C)C. The van der Waals surface area contributed by atoms with Gasteiger partial charge in [0.1, 0.15) is 0 Å². The highest BCUT2D eigenvalue weighted by Gasteiger charge is 2.49. The Kier molecular flexibility index (Phi) is 3.39. The molecule has 0 aromatic rings. The fourth-order valence-electron chi connectivity index (χ4n) is 2.35. The normalized spacial score (nSPS) is 29.8. The van der Waals surface area contributed by atoms with Crippen LogP contribution < -0.4 is 0 Å². The Labute approximate surface area is 82.5 Å². The van der Waals surface area contributed by atoms with Crippen molar-refractivity contribution in [2.45, 2.75) is 59.5 Å². The molecule has 1 aliphatic carbocycles. The van der Waals surface area contributed by atoms with E-state index < -0.39 is 0 Å². The van der Waals surface area contributed by atoms with Crippen molar-refractivity contribution >= 4 is 0 Å². The van der Waals surface area contributed by atoms with Gasteiger partial charge in [-0.3, -0.25) is 0 Å². The molecule has 0 amide bonds. The molecule has 0 aromatic carbocycles. The first-order valence-corrected chi connectivity index (χ1v) is 5.65. The minimum Gasteiger partial charge on any atom is -0.393 e. The van der Waals surface area contributed by atoms with Crippen molar-refractivity contribution in [1.82, 2.24) is 0 Å². The molecular formula is C12H24O. The summed E-state index contributed by atoms with van der Waals surface area (Å²) in [5.74, 6) is 1.27. The van der Waals surface area contributed by atoms with E-state index >= 15 is 0 Å². The first-order valence-electron chi connectivity index (χ1n) is 5.65. The molecule has 0 spiro atoms. The third-order valence-corrected chi connectivity index (χ3v) is 3.48. The van der Waals surface area contributed by atoms with Gasteiger partial charge in [0, 0.05) is 0 Å². The standard InChI is InChI=1S/C12H24O/c1-5-6-9(2)7-11(13)10-8-12(10,3)4/h9-11,13H,5-8H2,1-4H3. The average Bonchev–Trinajstić information content (AvgIpc) is 2.60. The van der Waals surface area contributed by atoms with Crippen LogP contribution in [0.4, 0.5) is 0 Å². The van der Waals surface area contributed by atoms with Gasteiger partial charge < -0.3 is 5.11 Å². The molecule has 0 aliphatic heterocycles. The Balaban J connectivity index is 2.22. The summed E-state index contributed by atoms with van der Waals surface area (Å²) in [7, 11) is 0. The topological polar surface area (TPSA) is 20.2 Å². The molecule has 0 bridgehead atoms. The molecule has 0 saturated heterocycles. The van der Waals surface area contributed by atoms with E-state index in [4.69, 9.17) is 0 Å². The van der Waals surface area contributed by atoms with Crippen molar-refractivity contribution in [2.24, 2.45) is 17.3 Å². The predicted molar refractivity (Wildman–Crippen MR) is 56.6 cm³/mol. The van der Waals surface area contributed by atoms with Crippen molar-refractivity contribution < 1.29 is 5.11 Å². The van der Waals surface area contributed by atoms with Gasteiger partial charge in [-0.25, -0.2) is 0 Å². The smallest absolute Gasteiger partial charge is 0.0576 e. The van der Waals surface area contributed by atoms with E-state index in [2.05, 4.69) is 27.7 Å². The summed E-state index contributed by atoms with van der Waals surface area (Å²) in [5, 5.41) is 9.92. The van der Waals surface area contributed by atoms with Crippen LogP contribution in [0, 0.1) is 17.3 Å². The van der Waals surface area contributed by atoms with Gasteiger partial charge in [-0.15, -0.1) is 0 Å². The second-order valence-electron chi connectivity index (χ2n) is 5.50. The maximum absolute atomic E-state index is 9.92. The second-order valence-corrected chi connectivity index (χ2v) is 5.50. The summed E-state index contributed by atoms with van der Waals surface area (Å²) in [6.45, 7) is 8.97. The molecule has 3 atom stereocenters. The van der Waals surface area contributed by atoms with Gasteiger partial charge >= 0.3 is 0 Å². The molecule has 1 aliphatic rings. The molecular weight excluding hydrogens is 160 g/mol. The van der Waals surface area contributed by atoms with Gasteiger partial charge in [0.2, 0.25) is 0 Å². The monoisotopic (exact) mass is 184 g/mol. The minimum atomic E-state index is -0.0449. The zero-order valence-corrected chi connectivity index (χ0v) is 9.51. The summed E-state index contributed by atoms with van der Waals surface area (Å²) in [6, 6.07) is 0. The number of aliphatic hydroxyl groups excluding tert-OH is 1. The summed E-state index contributed by atoms with van der Waals surface area (Å²) in [5.41, 5.74) is 0.422. The maximum Gasteiger partial charge on any atom is 0.0576 e. The highest BCUT2D eigenvalue weighted by molar-refractivity contribution is 4.99. The molecule has 0 aromatic heterocycles. The first-order chi connectivity index (χ1) is 5.97. The molecule has 1 saturated carbocycles. The largest absolute Gasteiger partial charge is 0.393 e. The first kappa shape index (κ1) is 11.0. The summed E-state index contributed by atoms with van der Waals surface area (Å²) in [6.07, 6.45) is 4.66. The van der Waals surface area contributed by atoms with Crippen LogP contribution in [-0.2, 0) is 0 Å². The lowest BCUT2D eigenvalue weighted by molar-refractivity contribution is 0.109. The Morgan fingerprint density at radius 2 is 2.00 bits per heavy atom. The van der Waals surface area contributed by atoms with Gasteiger partial charge in [0.05, 0.1) is 6.10 Å². The number of aliphatic hydroxyl groups is 1. The Bertz CT molecular complexity index is 163. The van der Waals surface area contributed by atoms with E-state index in [-0.39, 0.29) is 6.10 Å². The van der Waals surface area contributed by atoms with E-state index in [1.165, 1.54) is 19.3 Å². The lowest BCUT2D eigenvalue weighted by atomic mass is 9.94. The summed E-state index contributed by atoms with van der Waals surface area (Å²) in [4.78, 5) is 0. The lowest BCUT2D eigenvalue weighted by Crippen LogP contribution is -2.16.